The predicted octanol–water partition coefficient (Wildman–Crippen LogP) is 1.33. The van der Waals surface area contributed by atoms with E-state index in [0.717, 1.165) is 10.3 Å². The fraction of sp³-hybridized carbons (Fsp3) is 0.375. The summed E-state index contributed by atoms with van der Waals surface area (Å²) < 4.78 is 1.14. The van der Waals surface area contributed by atoms with E-state index in [4.69, 9.17) is 10.8 Å². The number of aliphatic carboxylic acids is 1. The second-order valence-corrected chi connectivity index (χ2v) is 8.19. The molecule has 1 heterocycles. The predicted molar refractivity (Wildman–Crippen MR) is 136 cm³/mol. The molecule has 2 aromatic rings. The van der Waals surface area contributed by atoms with E-state index in [1.165, 1.54) is 19.3 Å². The number of hydrogen-bond donors (Lipinski definition) is 5. The van der Waals surface area contributed by atoms with Gasteiger partial charge in [-0.1, -0.05) is 25.1 Å². The molecule has 1 amide bonds. The van der Waals surface area contributed by atoms with Crippen molar-refractivity contribution in [3.8, 4) is 0 Å². The fourth-order valence-electron chi connectivity index (χ4n) is 3.41. The summed E-state index contributed by atoms with van der Waals surface area (Å²) in [5.41, 5.74) is 0.149. The van der Waals surface area contributed by atoms with Gasteiger partial charge in [0, 0.05) is 25.1 Å². The SMILES string of the molecule is CCC(C(=O)NC(CC(=O)O)C(=O)CN(C)c1ccccc1)n1ccnc(NCC(=N)C(C)=N)c1=O. The first kappa shape index (κ1) is 27.9. The van der Waals surface area contributed by atoms with E-state index >= 15 is 0 Å². The van der Waals surface area contributed by atoms with E-state index in [1.807, 2.05) is 18.2 Å². The lowest BCUT2D eigenvalue weighted by atomic mass is 10.1. The second kappa shape index (κ2) is 12.9. The highest BCUT2D eigenvalue weighted by molar-refractivity contribution is 6.40. The lowest BCUT2D eigenvalue weighted by Crippen LogP contribution is -2.49. The number of carboxylic acid groups (broad SMARTS) is 1. The minimum Gasteiger partial charge on any atom is -0.481 e. The van der Waals surface area contributed by atoms with E-state index in [1.54, 1.807) is 31.0 Å². The summed E-state index contributed by atoms with van der Waals surface area (Å²) in [6, 6.07) is 6.74. The number of carboxylic acids is 1. The number of benzene rings is 1. The molecule has 0 aliphatic heterocycles. The third-order valence-electron chi connectivity index (χ3n) is 5.45. The number of amides is 1. The van der Waals surface area contributed by atoms with Crippen LogP contribution in [0.25, 0.3) is 0 Å². The Morgan fingerprint density at radius 2 is 1.86 bits per heavy atom. The Balaban J connectivity index is 2.20. The molecule has 0 saturated heterocycles. The molecule has 192 valence electrons. The number of nitrogens with one attached hydrogen (secondary N) is 4. The Labute approximate surface area is 208 Å². The number of nitrogens with zero attached hydrogens (tertiary/aromatic N) is 3. The van der Waals surface area contributed by atoms with Crippen molar-refractivity contribution in [1.82, 2.24) is 14.9 Å². The second-order valence-electron chi connectivity index (χ2n) is 8.19. The van der Waals surface area contributed by atoms with Crippen LogP contribution in [0.4, 0.5) is 11.5 Å². The fourth-order valence-corrected chi connectivity index (χ4v) is 3.41. The Bertz CT molecular complexity index is 1180. The Hall–Kier alpha value is -4.35. The quantitative estimate of drug-likeness (QED) is 0.242. The number of likely N-dealkylation sites (N-methyl/N-ethyl adjacent to an activating group) is 1. The van der Waals surface area contributed by atoms with Gasteiger partial charge in [-0.05, 0) is 25.5 Å². The molecular weight excluding hydrogens is 466 g/mol. The van der Waals surface area contributed by atoms with Crippen molar-refractivity contribution in [2.45, 2.75) is 38.8 Å². The van der Waals surface area contributed by atoms with Crippen LogP contribution in [0, 0.1) is 10.8 Å². The summed E-state index contributed by atoms with van der Waals surface area (Å²) in [4.78, 5) is 56.0. The minimum absolute atomic E-state index is 0.0214. The zero-order chi connectivity index (χ0) is 26.8. The van der Waals surface area contributed by atoms with Crippen LogP contribution in [0.5, 0.6) is 0 Å². The molecular formula is C24H31N7O5. The number of para-hydroxylation sites is 1. The van der Waals surface area contributed by atoms with Gasteiger partial charge in [-0.2, -0.15) is 0 Å². The van der Waals surface area contributed by atoms with Crippen LogP contribution in [-0.4, -0.2) is 69.9 Å². The summed E-state index contributed by atoms with van der Waals surface area (Å²) in [5, 5.41) is 29.7. The molecule has 2 rings (SSSR count). The van der Waals surface area contributed by atoms with Crippen LogP contribution in [0.3, 0.4) is 0 Å². The lowest BCUT2D eigenvalue weighted by molar-refractivity contribution is -0.140. The van der Waals surface area contributed by atoms with Gasteiger partial charge < -0.3 is 31.5 Å². The molecule has 0 bridgehead atoms. The summed E-state index contributed by atoms with van der Waals surface area (Å²) in [6.45, 7) is 2.91. The molecule has 0 aliphatic rings. The molecule has 2 unspecified atom stereocenters. The highest BCUT2D eigenvalue weighted by atomic mass is 16.4. The number of Topliss-reactive ketones (excluding diaryl/α,β-unsaturated/α-hetero) is 1. The first-order valence-corrected chi connectivity index (χ1v) is 11.3. The van der Waals surface area contributed by atoms with Gasteiger partial charge in [0.15, 0.2) is 11.6 Å². The highest BCUT2D eigenvalue weighted by Crippen LogP contribution is 2.13. The van der Waals surface area contributed by atoms with Crippen LogP contribution < -0.4 is 21.1 Å². The number of carbonyl (C=O) groups excluding carboxylic acids is 2. The van der Waals surface area contributed by atoms with Gasteiger partial charge in [0.1, 0.15) is 6.04 Å². The van der Waals surface area contributed by atoms with Gasteiger partial charge in [0.2, 0.25) is 5.91 Å². The lowest BCUT2D eigenvalue weighted by Gasteiger charge is -2.24. The molecule has 0 aliphatic carbocycles. The molecule has 1 aromatic carbocycles. The molecule has 0 radical (unpaired) electrons. The smallest absolute Gasteiger partial charge is 0.305 e. The first-order valence-electron chi connectivity index (χ1n) is 11.3. The average Bonchev–Trinajstić information content (AvgIpc) is 2.84. The molecule has 5 N–H and O–H groups in total. The van der Waals surface area contributed by atoms with E-state index in [2.05, 4.69) is 15.6 Å². The van der Waals surface area contributed by atoms with Crippen LogP contribution >= 0.6 is 0 Å². The zero-order valence-electron chi connectivity index (χ0n) is 20.4. The maximum absolute atomic E-state index is 13.1. The minimum atomic E-state index is -1.29. The maximum atomic E-state index is 13.1. The van der Waals surface area contributed by atoms with Gasteiger partial charge in [-0.15, -0.1) is 0 Å². The molecule has 0 fully saturated rings. The zero-order valence-corrected chi connectivity index (χ0v) is 20.4. The molecule has 0 saturated carbocycles. The van der Waals surface area contributed by atoms with Crippen molar-refractivity contribution in [3.05, 3.63) is 53.1 Å². The maximum Gasteiger partial charge on any atom is 0.305 e. The van der Waals surface area contributed by atoms with Crippen molar-refractivity contribution in [2.24, 2.45) is 0 Å². The molecule has 0 spiro atoms. The number of hydrogen-bond acceptors (Lipinski definition) is 9. The summed E-state index contributed by atoms with van der Waals surface area (Å²) in [7, 11) is 1.69. The van der Waals surface area contributed by atoms with Gasteiger partial charge in [-0.25, -0.2) is 4.98 Å². The largest absolute Gasteiger partial charge is 0.481 e. The van der Waals surface area contributed by atoms with Crippen LogP contribution in [0.2, 0.25) is 0 Å². The van der Waals surface area contributed by atoms with Crippen molar-refractivity contribution < 1.29 is 19.5 Å². The first-order chi connectivity index (χ1) is 17.0. The topological polar surface area (TPSA) is 181 Å². The average molecular weight is 498 g/mol. The van der Waals surface area contributed by atoms with E-state index in [9.17, 15) is 24.3 Å². The van der Waals surface area contributed by atoms with Crippen LogP contribution in [0.15, 0.2) is 47.5 Å². The van der Waals surface area contributed by atoms with Crippen molar-refractivity contribution in [2.75, 3.05) is 30.4 Å². The third-order valence-corrected chi connectivity index (χ3v) is 5.45. The van der Waals surface area contributed by atoms with Gasteiger partial charge >= 0.3 is 5.97 Å². The third kappa shape index (κ3) is 7.58. The summed E-state index contributed by atoms with van der Waals surface area (Å²) in [6.07, 6.45) is 2.22. The van der Waals surface area contributed by atoms with E-state index in [0.29, 0.717) is 0 Å². The highest BCUT2D eigenvalue weighted by Gasteiger charge is 2.29. The van der Waals surface area contributed by atoms with Gasteiger partial charge in [-0.3, -0.25) is 23.7 Å². The Kier molecular flexibility index (Phi) is 10.0. The number of rotatable bonds is 14. The molecule has 1 aromatic heterocycles. The van der Waals surface area contributed by atoms with Crippen molar-refractivity contribution in [1.29, 1.82) is 10.8 Å². The molecule has 12 nitrogen and oxygen atoms in total. The van der Waals surface area contributed by atoms with Crippen LogP contribution in [-0.2, 0) is 14.4 Å². The number of anilines is 2. The normalized spacial score (nSPS) is 12.2. The number of ketones is 1. The summed E-state index contributed by atoms with van der Waals surface area (Å²) in [5.74, 6) is -2.52. The van der Waals surface area contributed by atoms with Gasteiger partial charge in [0.05, 0.1) is 37.0 Å². The number of aromatic nitrogens is 2. The molecule has 12 heteroatoms. The molecule has 2 atom stereocenters. The molecule has 36 heavy (non-hydrogen) atoms. The standard InChI is InChI=1S/C24H31N7O5/c1-4-19(31-11-10-27-22(24(31)36)28-13-17(26)15(2)25)23(35)29-18(12-21(33)34)20(32)14-30(3)16-8-6-5-7-9-16/h5-11,18-19,25-26H,4,12-14H2,1-3H3,(H,27,28)(H,29,35)(H,33,34). The summed E-state index contributed by atoms with van der Waals surface area (Å²) >= 11 is 0. The Morgan fingerprint density at radius 1 is 1.19 bits per heavy atom. The monoisotopic (exact) mass is 497 g/mol. The Morgan fingerprint density at radius 3 is 2.44 bits per heavy atom. The van der Waals surface area contributed by atoms with Crippen LogP contribution in [0.1, 0.15) is 32.7 Å². The van der Waals surface area contributed by atoms with E-state index < -0.39 is 41.7 Å². The van der Waals surface area contributed by atoms with E-state index in [-0.39, 0.29) is 36.8 Å². The van der Waals surface area contributed by atoms with Crippen molar-refractivity contribution in [3.63, 3.8) is 0 Å². The van der Waals surface area contributed by atoms with Gasteiger partial charge in [0.25, 0.3) is 5.56 Å². The van der Waals surface area contributed by atoms with Crippen molar-refractivity contribution >= 4 is 40.6 Å². The number of carbonyl (C=O) groups is 3.